The van der Waals surface area contributed by atoms with E-state index < -0.39 is 0 Å². The predicted octanol–water partition coefficient (Wildman–Crippen LogP) is 2.21. The number of nitrogens with zero attached hydrogens (tertiary/aromatic N) is 1. The van der Waals surface area contributed by atoms with E-state index in [2.05, 4.69) is 4.98 Å². The van der Waals surface area contributed by atoms with Gasteiger partial charge in [0.25, 0.3) is 0 Å². The lowest BCUT2D eigenvalue weighted by Crippen LogP contribution is -1.85. The fraction of sp³-hybridized carbons (Fsp3) is 0.375. The molecule has 1 radical (unpaired) electrons. The molecule has 0 unspecified atom stereocenters. The van der Waals surface area contributed by atoms with Crippen LogP contribution >= 0.6 is 12.6 Å². The Bertz CT molecular complexity index is 174. The van der Waals surface area contributed by atoms with Crippen molar-refractivity contribution in [3.05, 3.63) is 30.1 Å². The largest absolute Gasteiger partial charge is 0.265 e. The first-order chi connectivity index (χ1) is 4.93. The monoisotopic (exact) mass is 152 g/mol. The van der Waals surface area contributed by atoms with Gasteiger partial charge in [0.1, 0.15) is 0 Å². The summed E-state index contributed by atoms with van der Waals surface area (Å²) < 4.78 is 0. The maximum atomic E-state index is 4.84. The molecule has 0 amide bonds. The van der Waals surface area contributed by atoms with Crippen molar-refractivity contribution < 1.29 is 0 Å². The van der Waals surface area contributed by atoms with Gasteiger partial charge in [-0.25, -0.2) is 0 Å². The molecule has 10 heavy (non-hydrogen) atoms. The van der Waals surface area contributed by atoms with E-state index in [1.165, 1.54) is 5.56 Å². The van der Waals surface area contributed by atoms with Crippen LogP contribution in [0.1, 0.15) is 12.0 Å². The Balaban J connectivity index is 2.43. The number of hydrogen-bond acceptors (Lipinski definition) is 1. The molecule has 0 aliphatic carbocycles. The zero-order chi connectivity index (χ0) is 7.23. The lowest BCUT2D eigenvalue weighted by molar-refractivity contribution is 0.932. The van der Waals surface area contributed by atoms with Gasteiger partial charge in [0.2, 0.25) is 0 Å². The first-order valence-corrected chi connectivity index (χ1v) is 3.98. The average Bonchev–Trinajstić information content (AvgIpc) is 2.03. The van der Waals surface area contributed by atoms with Crippen LogP contribution < -0.4 is 0 Å². The molecular weight excluding hydrogens is 142 g/mol. The summed E-state index contributed by atoms with van der Waals surface area (Å²) in [6.45, 7) is 0. The van der Waals surface area contributed by atoms with Gasteiger partial charge < -0.3 is 0 Å². The number of aromatic nitrogens is 1. The summed E-state index contributed by atoms with van der Waals surface area (Å²) in [6.07, 6.45) is 5.82. The maximum Gasteiger partial charge on any atom is 0.0270 e. The molecule has 0 aliphatic heterocycles. The summed E-state index contributed by atoms with van der Waals surface area (Å²) in [4.78, 5) is 3.93. The SMILES string of the molecule is [S]CCCc1ccncc1. The number of pyridine rings is 1. The van der Waals surface area contributed by atoms with E-state index in [0.717, 1.165) is 18.6 Å². The van der Waals surface area contributed by atoms with Crippen LogP contribution in [0.4, 0.5) is 0 Å². The molecule has 0 saturated heterocycles. The molecular formula is C8H10NS. The second-order valence-electron chi connectivity index (χ2n) is 2.16. The van der Waals surface area contributed by atoms with Crippen molar-refractivity contribution >= 4 is 12.6 Å². The smallest absolute Gasteiger partial charge is 0.0270 e. The van der Waals surface area contributed by atoms with Gasteiger partial charge in [-0.3, -0.25) is 4.98 Å². The van der Waals surface area contributed by atoms with Gasteiger partial charge in [0.15, 0.2) is 0 Å². The van der Waals surface area contributed by atoms with Crippen molar-refractivity contribution in [3.63, 3.8) is 0 Å². The van der Waals surface area contributed by atoms with Crippen LogP contribution in [0.25, 0.3) is 0 Å². The van der Waals surface area contributed by atoms with Crippen LogP contribution in [0, 0.1) is 0 Å². The summed E-state index contributed by atoms with van der Waals surface area (Å²) in [5.41, 5.74) is 1.33. The highest BCUT2D eigenvalue weighted by Crippen LogP contribution is 2.00. The fourth-order valence-corrected chi connectivity index (χ4v) is 0.970. The van der Waals surface area contributed by atoms with Crippen LogP contribution in [0.15, 0.2) is 24.5 Å². The van der Waals surface area contributed by atoms with Crippen LogP contribution in [0.5, 0.6) is 0 Å². The minimum Gasteiger partial charge on any atom is -0.265 e. The first-order valence-electron chi connectivity index (χ1n) is 3.40. The van der Waals surface area contributed by atoms with E-state index in [1.807, 2.05) is 24.5 Å². The summed E-state index contributed by atoms with van der Waals surface area (Å²) >= 11 is 4.84. The third-order valence-electron chi connectivity index (χ3n) is 1.36. The molecule has 0 saturated carbocycles. The summed E-state index contributed by atoms with van der Waals surface area (Å²) in [7, 11) is 0. The van der Waals surface area contributed by atoms with E-state index in [-0.39, 0.29) is 0 Å². The molecule has 1 rings (SSSR count). The Morgan fingerprint density at radius 2 is 2.00 bits per heavy atom. The van der Waals surface area contributed by atoms with E-state index >= 15 is 0 Å². The topological polar surface area (TPSA) is 12.9 Å². The highest BCUT2D eigenvalue weighted by molar-refractivity contribution is 7.80. The Morgan fingerprint density at radius 3 is 2.60 bits per heavy atom. The quantitative estimate of drug-likeness (QED) is 0.647. The summed E-state index contributed by atoms with van der Waals surface area (Å²) in [6, 6.07) is 4.07. The normalized spacial score (nSPS) is 9.70. The minimum absolute atomic E-state index is 0.850. The van der Waals surface area contributed by atoms with E-state index in [0.29, 0.717) is 0 Å². The fourth-order valence-electron chi connectivity index (χ4n) is 0.826. The molecule has 0 bridgehead atoms. The van der Waals surface area contributed by atoms with Gasteiger partial charge in [-0.05, 0) is 30.5 Å². The lowest BCUT2D eigenvalue weighted by Gasteiger charge is -1.95. The highest BCUT2D eigenvalue weighted by atomic mass is 32.1. The Labute approximate surface area is 66.9 Å². The second kappa shape index (κ2) is 4.34. The average molecular weight is 152 g/mol. The van der Waals surface area contributed by atoms with Gasteiger partial charge in [0.05, 0.1) is 0 Å². The minimum atomic E-state index is 0.850. The molecule has 1 nitrogen and oxygen atoms in total. The molecule has 0 aromatic carbocycles. The zero-order valence-corrected chi connectivity index (χ0v) is 6.60. The third kappa shape index (κ3) is 2.40. The van der Waals surface area contributed by atoms with Crippen LogP contribution in [-0.2, 0) is 6.42 Å². The van der Waals surface area contributed by atoms with Crippen molar-refractivity contribution in [3.8, 4) is 0 Å². The van der Waals surface area contributed by atoms with Crippen molar-refractivity contribution in [2.45, 2.75) is 12.8 Å². The molecule has 53 valence electrons. The molecule has 0 fully saturated rings. The molecule has 1 aromatic rings. The van der Waals surface area contributed by atoms with E-state index in [1.54, 1.807) is 0 Å². The van der Waals surface area contributed by atoms with Crippen LogP contribution in [-0.4, -0.2) is 10.7 Å². The molecule has 0 atom stereocenters. The van der Waals surface area contributed by atoms with Gasteiger partial charge in [-0.1, -0.05) is 12.6 Å². The highest BCUT2D eigenvalue weighted by Gasteiger charge is 1.88. The summed E-state index contributed by atoms with van der Waals surface area (Å²) in [5, 5.41) is 0. The Hall–Kier alpha value is -0.500. The maximum absolute atomic E-state index is 4.84. The molecule has 2 heteroatoms. The predicted molar refractivity (Wildman–Crippen MR) is 45.0 cm³/mol. The number of rotatable bonds is 3. The standard InChI is InChI=1S/C8H10NS/c10-7-1-2-8-3-5-9-6-4-8/h3-6H,1-2,7H2. The van der Waals surface area contributed by atoms with Gasteiger partial charge in [-0.15, -0.1) is 0 Å². The van der Waals surface area contributed by atoms with Gasteiger partial charge in [0, 0.05) is 18.1 Å². The second-order valence-corrected chi connectivity index (χ2v) is 2.57. The number of aryl methyl sites for hydroxylation is 1. The summed E-state index contributed by atoms with van der Waals surface area (Å²) in [5.74, 6) is 0.850. The van der Waals surface area contributed by atoms with Gasteiger partial charge >= 0.3 is 0 Å². The first kappa shape index (κ1) is 7.61. The van der Waals surface area contributed by atoms with Gasteiger partial charge in [-0.2, -0.15) is 0 Å². The van der Waals surface area contributed by atoms with E-state index in [9.17, 15) is 0 Å². The molecule has 1 heterocycles. The Kier molecular flexibility index (Phi) is 3.30. The van der Waals surface area contributed by atoms with E-state index in [4.69, 9.17) is 12.6 Å². The van der Waals surface area contributed by atoms with Crippen molar-refractivity contribution in [2.75, 3.05) is 5.75 Å². The van der Waals surface area contributed by atoms with Crippen LogP contribution in [0.2, 0.25) is 0 Å². The number of hydrogen-bond donors (Lipinski definition) is 0. The van der Waals surface area contributed by atoms with Crippen LogP contribution in [0.3, 0.4) is 0 Å². The van der Waals surface area contributed by atoms with Crippen molar-refractivity contribution in [1.29, 1.82) is 0 Å². The molecule has 0 aliphatic rings. The third-order valence-corrected chi connectivity index (χ3v) is 1.65. The Morgan fingerprint density at radius 1 is 1.30 bits per heavy atom. The molecule has 0 spiro atoms. The lowest BCUT2D eigenvalue weighted by atomic mass is 10.2. The molecule has 1 aromatic heterocycles. The van der Waals surface area contributed by atoms with Crippen molar-refractivity contribution in [1.82, 2.24) is 4.98 Å². The zero-order valence-electron chi connectivity index (χ0n) is 5.79. The van der Waals surface area contributed by atoms with Crippen molar-refractivity contribution in [2.24, 2.45) is 0 Å². The molecule has 0 N–H and O–H groups in total.